The first kappa shape index (κ1) is 19.4. The highest BCUT2D eigenvalue weighted by Crippen LogP contribution is 2.26. The van der Waals surface area contributed by atoms with E-state index in [0.717, 1.165) is 32.5 Å². The number of thioether (sulfide) groups is 1. The summed E-state index contributed by atoms with van der Waals surface area (Å²) in [5.41, 5.74) is 4.03. The number of amides is 1. The molecule has 0 atom stereocenters. The van der Waals surface area contributed by atoms with Crippen molar-refractivity contribution < 1.29 is 9.53 Å². The van der Waals surface area contributed by atoms with Crippen molar-refractivity contribution in [3.8, 4) is 5.75 Å². The molecule has 0 fully saturated rings. The number of hydrogen-bond donors (Lipinski definition) is 2. The van der Waals surface area contributed by atoms with Crippen molar-refractivity contribution in [3.05, 3.63) is 63.6 Å². The number of fused-ring (bicyclic) bond motifs is 1. The molecule has 0 aliphatic heterocycles. The van der Waals surface area contributed by atoms with Gasteiger partial charge in [0, 0.05) is 12.6 Å². The zero-order chi connectivity index (χ0) is 20.2. The largest absolute Gasteiger partial charge is 0.497 e. The molecule has 1 amide bonds. The lowest BCUT2D eigenvalue weighted by Gasteiger charge is -2.03. The van der Waals surface area contributed by atoms with Crippen molar-refractivity contribution in [1.82, 2.24) is 25.5 Å². The molecule has 2 aromatic heterocycles. The van der Waals surface area contributed by atoms with Crippen molar-refractivity contribution >= 4 is 40.0 Å². The second-order valence-electron chi connectivity index (χ2n) is 6.38. The lowest BCUT2D eigenvalue weighted by atomic mass is 10.1. The molecule has 2 aromatic carbocycles. The zero-order valence-corrected chi connectivity index (χ0v) is 17.6. The fraction of sp³-hybridized carbons (Fsp3) is 0.200. The Labute approximate surface area is 175 Å². The van der Waals surface area contributed by atoms with E-state index in [1.807, 2.05) is 49.4 Å². The number of imidazole rings is 1. The summed E-state index contributed by atoms with van der Waals surface area (Å²) < 4.78 is 5.23. The molecular formula is C20H19N5O2S2. The minimum absolute atomic E-state index is 0.213. The van der Waals surface area contributed by atoms with Gasteiger partial charge in [-0.15, -0.1) is 10.2 Å². The van der Waals surface area contributed by atoms with E-state index in [0.29, 0.717) is 17.3 Å². The standard InChI is InChI=1S/C20H19N5O2S2/c1-12-3-5-13(6-4-12)10-21-18(26)19-25-24-17(29-19)11-28-20-22-15-8-7-14(27-2)9-16(15)23-20/h3-9H,10-11H2,1-2H3,(H,21,26)(H,22,23). The van der Waals surface area contributed by atoms with Gasteiger partial charge < -0.3 is 15.0 Å². The SMILES string of the molecule is COc1ccc2nc(SCc3nnc(C(=O)NCc4ccc(C)cc4)s3)[nH]c2c1. The van der Waals surface area contributed by atoms with Crippen LogP contribution in [0.5, 0.6) is 5.75 Å². The average Bonchev–Trinajstić information content (AvgIpc) is 3.37. The third-order valence-corrected chi connectivity index (χ3v) is 6.22. The van der Waals surface area contributed by atoms with Crippen LogP contribution in [0.25, 0.3) is 11.0 Å². The fourth-order valence-corrected chi connectivity index (χ4v) is 4.29. The number of carbonyl (C=O) groups excluding carboxylic acids is 1. The summed E-state index contributed by atoms with van der Waals surface area (Å²) in [6.45, 7) is 2.50. The molecule has 0 aliphatic carbocycles. The first-order valence-corrected chi connectivity index (χ1v) is 10.7. The molecule has 2 N–H and O–H groups in total. The summed E-state index contributed by atoms with van der Waals surface area (Å²) in [7, 11) is 1.64. The first-order valence-electron chi connectivity index (χ1n) is 8.93. The summed E-state index contributed by atoms with van der Waals surface area (Å²) in [6.07, 6.45) is 0. The minimum atomic E-state index is -0.213. The Hall–Kier alpha value is -2.91. The third-order valence-electron chi connectivity index (χ3n) is 4.23. The molecule has 0 spiro atoms. The van der Waals surface area contributed by atoms with Crippen molar-refractivity contribution in [1.29, 1.82) is 0 Å². The van der Waals surface area contributed by atoms with E-state index in [9.17, 15) is 4.79 Å². The number of aromatic nitrogens is 4. The second-order valence-corrected chi connectivity index (χ2v) is 8.41. The molecule has 29 heavy (non-hydrogen) atoms. The molecule has 0 saturated carbocycles. The topological polar surface area (TPSA) is 92.8 Å². The number of carbonyl (C=O) groups is 1. The molecule has 0 radical (unpaired) electrons. The second kappa shape index (κ2) is 8.62. The van der Waals surface area contributed by atoms with Crippen LogP contribution in [0.15, 0.2) is 47.6 Å². The lowest BCUT2D eigenvalue weighted by Crippen LogP contribution is -2.22. The molecule has 0 aliphatic rings. The molecule has 2 heterocycles. The van der Waals surface area contributed by atoms with Crippen LogP contribution in [0, 0.1) is 6.92 Å². The molecule has 7 nitrogen and oxygen atoms in total. The number of H-pyrrole nitrogens is 1. The van der Waals surface area contributed by atoms with Crippen LogP contribution in [0.2, 0.25) is 0 Å². The summed E-state index contributed by atoms with van der Waals surface area (Å²) in [5, 5.41) is 12.9. The maximum Gasteiger partial charge on any atom is 0.282 e. The quantitative estimate of drug-likeness (QED) is 0.436. The van der Waals surface area contributed by atoms with E-state index < -0.39 is 0 Å². The van der Waals surface area contributed by atoms with Gasteiger partial charge in [0.15, 0.2) is 5.16 Å². The van der Waals surface area contributed by atoms with Gasteiger partial charge in [-0.2, -0.15) is 0 Å². The first-order chi connectivity index (χ1) is 14.1. The van der Waals surface area contributed by atoms with Gasteiger partial charge >= 0.3 is 0 Å². The normalized spacial score (nSPS) is 11.0. The Morgan fingerprint density at radius 2 is 2.03 bits per heavy atom. The van der Waals surface area contributed by atoms with Gasteiger partial charge in [0.05, 0.1) is 23.9 Å². The van der Waals surface area contributed by atoms with Crippen molar-refractivity contribution in [2.45, 2.75) is 24.4 Å². The summed E-state index contributed by atoms with van der Waals surface area (Å²) >= 11 is 2.81. The number of methoxy groups -OCH3 is 1. The summed E-state index contributed by atoms with van der Waals surface area (Å²) in [4.78, 5) is 20.1. The Balaban J connectivity index is 1.34. The van der Waals surface area contributed by atoms with Gasteiger partial charge in [-0.05, 0) is 24.6 Å². The summed E-state index contributed by atoms with van der Waals surface area (Å²) in [5.74, 6) is 1.15. The Morgan fingerprint density at radius 1 is 1.21 bits per heavy atom. The van der Waals surface area contributed by atoms with Crippen LogP contribution in [0.3, 0.4) is 0 Å². The number of nitrogens with one attached hydrogen (secondary N) is 2. The van der Waals surface area contributed by atoms with E-state index in [2.05, 4.69) is 25.5 Å². The van der Waals surface area contributed by atoms with Crippen LogP contribution in [0.1, 0.15) is 25.9 Å². The number of aryl methyl sites for hydroxylation is 1. The molecule has 4 rings (SSSR count). The molecule has 0 unspecified atom stereocenters. The fourth-order valence-electron chi connectivity index (χ4n) is 2.66. The number of ether oxygens (including phenoxy) is 1. The van der Waals surface area contributed by atoms with Gasteiger partial charge in [0.25, 0.3) is 5.91 Å². The molecular weight excluding hydrogens is 406 g/mol. The average molecular weight is 426 g/mol. The van der Waals surface area contributed by atoms with Gasteiger partial charge in [-0.1, -0.05) is 52.9 Å². The van der Waals surface area contributed by atoms with E-state index in [1.54, 1.807) is 7.11 Å². The van der Waals surface area contributed by atoms with Crippen molar-refractivity contribution in [2.24, 2.45) is 0 Å². The number of aromatic amines is 1. The third kappa shape index (κ3) is 4.75. The van der Waals surface area contributed by atoms with Crippen molar-refractivity contribution in [2.75, 3.05) is 7.11 Å². The maximum absolute atomic E-state index is 12.3. The van der Waals surface area contributed by atoms with E-state index in [4.69, 9.17) is 4.74 Å². The highest BCUT2D eigenvalue weighted by Gasteiger charge is 2.13. The lowest BCUT2D eigenvalue weighted by molar-refractivity contribution is 0.0950. The van der Waals surface area contributed by atoms with Gasteiger partial charge in [-0.3, -0.25) is 4.79 Å². The van der Waals surface area contributed by atoms with Crippen LogP contribution in [0.4, 0.5) is 0 Å². The predicted molar refractivity (Wildman–Crippen MR) is 114 cm³/mol. The molecule has 9 heteroatoms. The molecule has 0 saturated heterocycles. The van der Waals surface area contributed by atoms with Crippen LogP contribution < -0.4 is 10.1 Å². The number of benzene rings is 2. The smallest absolute Gasteiger partial charge is 0.282 e. The van der Waals surface area contributed by atoms with Crippen LogP contribution >= 0.6 is 23.1 Å². The Kier molecular flexibility index (Phi) is 5.77. The van der Waals surface area contributed by atoms with Crippen LogP contribution in [-0.4, -0.2) is 33.2 Å². The van der Waals surface area contributed by atoms with E-state index >= 15 is 0 Å². The van der Waals surface area contributed by atoms with Crippen LogP contribution in [-0.2, 0) is 12.3 Å². The Morgan fingerprint density at radius 3 is 2.83 bits per heavy atom. The maximum atomic E-state index is 12.3. The number of rotatable bonds is 7. The number of nitrogens with zero attached hydrogens (tertiary/aromatic N) is 3. The Bertz CT molecular complexity index is 1140. The van der Waals surface area contributed by atoms with Gasteiger partial charge in [0.1, 0.15) is 10.8 Å². The van der Waals surface area contributed by atoms with Crippen molar-refractivity contribution in [3.63, 3.8) is 0 Å². The predicted octanol–water partition coefficient (Wildman–Crippen LogP) is 3.95. The monoisotopic (exact) mass is 425 g/mol. The minimum Gasteiger partial charge on any atom is -0.497 e. The molecule has 0 bridgehead atoms. The molecule has 4 aromatic rings. The van der Waals surface area contributed by atoms with E-state index in [-0.39, 0.29) is 5.91 Å². The van der Waals surface area contributed by atoms with E-state index in [1.165, 1.54) is 28.7 Å². The van der Waals surface area contributed by atoms with Gasteiger partial charge in [-0.25, -0.2) is 4.98 Å². The summed E-state index contributed by atoms with van der Waals surface area (Å²) in [6, 6.07) is 13.8. The highest BCUT2D eigenvalue weighted by molar-refractivity contribution is 7.98. The zero-order valence-electron chi connectivity index (χ0n) is 15.9. The number of hydrogen-bond acceptors (Lipinski definition) is 7. The van der Waals surface area contributed by atoms with Gasteiger partial charge in [0.2, 0.25) is 5.01 Å². The highest BCUT2D eigenvalue weighted by atomic mass is 32.2. The molecule has 148 valence electrons.